The third-order valence-electron chi connectivity index (χ3n) is 6.13. The van der Waals surface area contributed by atoms with Crippen LogP contribution in [0.4, 0.5) is 5.69 Å². The van der Waals surface area contributed by atoms with E-state index in [9.17, 15) is 18.0 Å². The minimum Gasteiger partial charge on any atom is -0.495 e. The summed E-state index contributed by atoms with van der Waals surface area (Å²) < 4.78 is 34.2. The summed E-state index contributed by atoms with van der Waals surface area (Å²) in [5, 5.41) is 2.88. The fourth-order valence-corrected chi connectivity index (χ4v) is 5.67. The fourth-order valence-electron chi connectivity index (χ4n) is 4.07. The standard InChI is InChI=1S/C28H32ClN3O5S/c1-5-24(28(34)30-3)31(18-21-13-11-20(2)12-14-21)27(33)19-32(25-17-22(29)15-16-26(25)37-4)38(35,36)23-9-7-6-8-10-23/h6-17,24H,5,18-19H2,1-4H3,(H,30,34)/t24-/m0/s1. The highest BCUT2D eigenvalue weighted by molar-refractivity contribution is 7.92. The zero-order valence-electron chi connectivity index (χ0n) is 21.8. The van der Waals surface area contributed by atoms with Crippen LogP contribution in [0.3, 0.4) is 0 Å². The topological polar surface area (TPSA) is 96.0 Å². The van der Waals surface area contributed by atoms with Gasteiger partial charge in [-0.25, -0.2) is 8.42 Å². The number of carbonyl (C=O) groups excluding carboxylic acids is 2. The Kier molecular flexibility index (Phi) is 9.77. The van der Waals surface area contributed by atoms with E-state index in [0.717, 1.165) is 15.4 Å². The normalized spacial score (nSPS) is 11.9. The molecule has 0 aliphatic heterocycles. The summed E-state index contributed by atoms with van der Waals surface area (Å²) in [6.07, 6.45) is 0.337. The number of hydrogen-bond acceptors (Lipinski definition) is 5. The Labute approximate surface area is 229 Å². The lowest BCUT2D eigenvalue weighted by molar-refractivity contribution is -0.140. The van der Waals surface area contributed by atoms with Crippen molar-refractivity contribution in [2.45, 2.75) is 37.8 Å². The van der Waals surface area contributed by atoms with Gasteiger partial charge in [0.1, 0.15) is 18.3 Å². The molecule has 3 rings (SSSR count). The number of halogens is 1. The van der Waals surface area contributed by atoms with Gasteiger partial charge in [-0.05, 0) is 49.2 Å². The molecule has 3 aromatic carbocycles. The molecule has 0 heterocycles. The lowest BCUT2D eigenvalue weighted by Crippen LogP contribution is -2.51. The van der Waals surface area contributed by atoms with Gasteiger partial charge in [0.15, 0.2) is 0 Å². The molecule has 0 radical (unpaired) electrons. The number of aryl methyl sites for hydroxylation is 1. The minimum atomic E-state index is -4.22. The summed E-state index contributed by atoms with van der Waals surface area (Å²) in [5.74, 6) is -0.668. The first-order chi connectivity index (χ1) is 18.1. The van der Waals surface area contributed by atoms with Crippen LogP contribution >= 0.6 is 11.6 Å². The second-order valence-electron chi connectivity index (χ2n) is 8.69. The zero-order chi connectivity index (χ0) is 27.9. The van der Waals surface area contributed by atoms with Crippen molar-refractivity contribution in [3.8, 4) is 5.75 Å². The first kappa shape index (κ1) is 29.0. The third-order valence-corrected chi connectivity index (χ3v) is 8.13. The van der Waals surface area contributed by atoms with Crippen molar-refractivity contribution < 1.29 is 22.7 Å². The monoisotopic (exact) mass is 557 g/mol. The predicted octanol–water partition coefficient (Wildman–Crippen LogP) is 4.41. The summed E-state index contributed by atoms with van der Waals surface area (Å²) in [7, 11) is -1.31. The van der Waals surface area contributed by atoms with Gasteiger partial charge in [-0.2, -0.15) is 0 Å². The van der Waals surface area contributed by atoms with Gasteiger partial charge in [-0.1, -0.05) is 66.6 Å². The number of anilines is 1. The van der Waals surface area contributed by atoms with E-state index in [0.29, 0.717) is 6.42 Å². The Morgan fingerprint density at radius 2 is 1.68 bits per heavy atom. The first-order valence-corrected chi connectivity index (χ1v) is 13.9. The van der Waals surface area contributed by atoms with Crippen LogP contribution in [0.2, 0.25) is 5.02 Å². The van der Waals surface area contributed by atoms with Crippen LogP contribution in [0.1, 0.15) is 24.5 Å². The molecule has 0 spiro atoms. The molecule has 8 nitrogen and oxygen atoms in total. The Morgan fingerprint density at radius 3 is 2.26 bits per heavy atom. The number of sulfonamides is 1. The van der Waals surface area contributed by atoms with Crippen molar-refractivity contribution in [2.24, 2.45) is 0 Å². The molecule has 3 aromatic rings. The molecule has 0 saturated heterocycles. The largest absolute Gasteiger partial charge is 0.495 e. The summed E-state index contributed by atoms with van der Waals surface area (Å²) in [4.78, 5) is 28.1. The van der Waals surface area contributed by atoms with Crippen LogP contribution in [-0.4, -0.2) is 51.9 Å². The average Bonchev–Trinajstić information content (AvgIpc) is 2.92. The molecule has 0 aliphatic rings. The number of rotatable bonds is 11. The smallest absolute Gasteiger partial charge is 0.264 e. The molecule has 0 fully saturated rings. The van der Waals surface area contributed by atoms with Crippen molar-refractivity contribution in [2.75, 3.05) is 25.0 Å². The van der Waals surface area contributed by atoms with Gasteiger partial charge in [0, 0.05) is 18.6 Å². The third kappa shape index (κ3) is 6.65. The summed E-state index contributed by atoms with van der Waals surface area (Å²) in [5.41, 5.74) is 1.97. The number of ether oxygens (including phenoxy) is 1. The fraction of sp³-hybridized carbons (Fsp3) is 0.286. The van der Waals surface area contributed by atoms with Gasteiger partial charge in [0.05, 0.1) is 17.7 Å². The Bertz CT molecular complexity index is 1360. The van der Waals surface area contributed by atoms with Crippen molar-refractivity contribution in [1.82, 2.24) is 10.2 Å². The molecule has 1 N–H and O–H groups in total. The summed E-state index contributed by atoms with van der Waals surface area (Å²) in [6, 6.07) is 19.1. The highest BCUT2D eigenvalue weighted by atomic mass is 35.5. The van der Waals surface area contributed by atoms with Crippen LogP contribution in [-0.2, 0) is 26.2 Å². The second-order valence-corrected chi connectivity index (χ2v) is 11.0. The number of nitrogens with one attached hydrogen (secondary N) is 1. The maximum Gasteiger partial charge on any atom is 0.264 e. The van der Waals surface area contributed by atoms with Crippen LogP contribution < -0.4 is 14.4 Å². The molecule has 0 unspecified atom stereocenters. The Morgan fingerprint density at radius 1 is 1.03 bits per heavy atom. The molecule has 0 aromatic heterocycles. The van der Waals surface area contributed by atoms with Gasteiger partial charge in [-0.3, -0.25) is 13.9 Å². The van der Waals surface area contributed by atoms with Crippen molar-refractivity contribution in [1.29, 1.82) is 0 Å². The molecule has 2 amide bonds. The highest BCUT2D eigenvalue weighted by Gasteiger charge is 2.34. The van der Waals surface area contributed by atoms with Crippen LogP contribution in [0.15, 0.2) is 77.7 Å². The quantitative estimate of drug-likeness (QED) is 0.377. The molecule has 1 atom stereocenters. The summed E-state index contributed by atoms with van der Waals surface area (Å²) >= 11 is 6.24. The van der Waals surface area contributed by atoms with E-state index in [1.165, 1.54) is 37.3 Å². The van der Waals surface area contributed by atoms with E-state index < -0.39 is 28.5 Å². The molecule has 202 valence electrons. The number of hydrogen-bond donors (Lipinski definition) is 1. The van der Waals surface area contributed by atoms with Gasteiger partial charge in [0.2, 0.25) is 11.8 Å². The Balaban J connectivity index is 2.11. The maximum absolute atomic E-state index is 13.9. The molecule has 0 saturated carbocycles. The van der Waals surface area contributed by atoms with Crippen molar-refractivity contribution in [3.05, 3.63) is 88.9 Å². The van der Waals surface area contributed by atoms with Gasteiger partial charge in [0.25, 0.3) is 10.0 Å². The molecule has 38 heavy (non-hydrogen) atoms. The molecule has 0 bridgehead atoms. The average molecular weight is 558 g/mol. The Hall–Kier alpha value is -3.56. The summed E-state index contributed by atoms with van der Waals surface area (Å²) in [6.45, 7) is 3.30. The minimum absolute atomic E-state index is 0.00161. The lowest BCUT2D eigenvalue weighted by atomic mass is 10.1. The number of benzene rings is 3. The van der Waals surface area contributed by atoms with Crippen LogP contribution in [0, 0.1) is 6.92 Å². The SMILES string of the molecule is CC[C@@H](C(=O)NC)N(Cc1ccc(C)cc1)C(=O)CN(c1cc(Cl)ccc1OC)S(=O)(=O)c1ccccc1. The molecular weight excluding hydrogens is 526 g/mol. The number of amides is 2. The maximum atomic E-state index is 13.9. The van der Waals surface area contributed by atoms with E-state index in [1.807, 2.05) is 31.2 Å². The van der Waals surface area contributed by atoms with Crippen molar-refractivity contribution in [3.63, 3.8) is 0 Å². The highest BCUT2D eigenvalue weighted by Crippen LogP contribution is 2.35. The van der Waals surface area contributed by atoms with Gasteiger partial charge < -0.3 is 15.0 Å². The van der Waals surface area contributed by atoms with Gasteiger partial charge in [-0.15, -0.1) is 0 Å². The van der Waals surface area contributed by atoms with E-state index >= 15 is 0 Å². The van der Waals surface area contributed by atoms with E-state index in [1.54, 1.807) is 37.3 Å². The number of nitrogens with zero attached hydrogens (tertiary/aromatic N) is 2. The molecule has 10 heteroatoms. The van der Waals surface area contributed by atoms with Crippen LogP contribution in [0.25, 0.3) is 0 Å². The first-order valence-electron chi connectivity index (χ1n) is 12.1. The van der Waals surface area contributed by atoms with Crippen molar-refractivity contribution >= 4 is 39.1 Å². The van der Waals surface area contributed by atoms with E-state index in [2.05, 4.69) is 5.32 Å². The predicted molar refractivity (Wildman–Crippen MR) is 149 cm³/mol. The number of carbonyl (C=O) groups is 2. The van der Waals surface area contributed by atoms with Crippen LogP contribution in [0.5, 0.6) is 5.75 Å². The van der Waals surface area contributed by atoms with E-state index in [4.69, 9.17) is 16.3 Å². The number of likely N-dealkylation sites (N-methyl/N-ethyl adjacent to an activating group) is 1. The van der Waals surface area contributed by atoms with Gasteiger partial charge >= 0.3 is 0 Å². The lowest BCUT2D eigenvalue weighted by Gasteiger charge is -2.33. The van der Waals surface area contributed by atoms with E-state index in [-0.39, 0.29) is 33.8 Å². The second kappa shape index (κ2) is 12.8. The molecule has 0 aliphatic carbocycles. The zero-order valence-corrected chi connectivity index (χ0v) is 23.4. The number of methoxy groups -OCH3 is 1. The molecular formula is C28H32ClN3O5S.